The van der Waals surface area contributed by atoms with E-state index in [1.165, 1.54) is 26.4 Å². The predicted molar refractivity (Wildman–Crippen MR) is 91.4 cm³/mol. The second kappa shape index (κ2) is 8.03. The first-order valence-electron chi connectivity index (χ1n) is 7.37. The SMILES string of the molecule is COc1ccc(S(=O)(=O)NCCOc2cccc(C)c2)c(OC)c1. The maximum Gasteiger partial charge on any atom is 0.244 e. The Morgan fingerprint density at radius 3 is 2.46 bits per heavy atom. The number of nitrogens with one attached hydrogen (secondary N) is 1. The van der Waals surface area contributed by atoms with E-state index >= 15 is 0 Å². The molecule has 2 aromatic carbocycles. The van der Waals surface area contributed by atoms with Gasteiger partial charge in [0, 0.05) is 12.6 Å². The van der Waals surface area contributed by atoms with Crippen molar-refractivity contribution in [3.05, 3.63) is 48.0 Å². The first-order chi connectivity index (χ1) is 11.5. The molecule has 130 valence electrons. The number of benzene rings is 2. The normalized spacial score (nSPS) is 11.1. The number of ether oxygens (including phenoxy) is 3. The molecule has 0 fully saturated rings. The Balaban J connectivity index is 1.98. The van der Waals surface area contributed by atoms with Gasteiger partial charge >= 0.3 is 0 Å². The summed E-state index contributed by atoms with van der Waals surface area (Å²) in [6, 6.07) is 12.1. The van der Waals surface area contributed by atoms with Gasteiger partial charge in [0.15, 0.2) is 0 Å². The topological polar surface area (TPSA) is 73.9 Å². The average Bonchev–Trinajstić information content (AvgIpc) is 2.58. The molecule has 0 amide bonds. The zero-order valence-corrected chi connectivity index (χ0v) is 14.7. The zero-order valence-electron chi connectivity index (χ0n) is 13.9. The Morgan fingerprint density at radius 1 is 1.00 bits per heavy atom. The first-order valence-corrected chi connectivity index (χ1v) is 8.86. The molecule has 2 aromatic rings. The summed E-state index contributed by atoms with van der Waals surface area (Å²) in [6.07, 6.45) is 0. The van der Waals surface area contributed by atoms with Crippen LogP contribution in [0.5, 0.6) is 17.2 Å². The minimum atomic E-state index is -3.70. The second-order valence-electron chi connectivity index (χ2n) is 5.08. The summed E-state index contributed by atoms with van der Waals surface area (Å²) >= 11 is 0. The smallest absolute Gasteiger partial charge is 0.244 e. The maximum absolute atomic E-state index is 12.4. The summed E-state index contributed by atoms with van der Waals surface area (Å²) in [5.41, 5.74) is 1.08. The van der Waals surface area contributed by atoms with Gasteiger partial charge in [0.05, 0.1) is 14.2 Å². The monoisotopic (exact) mass is 351 g/mol. The molecule has 0 bridgehead atoms. The van der Waals surface area contributed by atoms with Crippen molar-refractivity contribution >= 4 is 10.0 Å². The van der Waals surface area contributed by atoms with Gasteiger partial charge in [-0.25, -0.2) is 13.1 Å². The molecule has 0 radical (unpaired) electrons. The van der Waals surface area contributed by atoms with Gasteiger partial charge in [-0.05, 0) is 36.8 Å². The average molecular weight is 351 g/mol. The Kier molecular flexibility index (Phi) is 6.05. The molecular formula is C17H21NO5S. The third kappa shape index (κ3) is 4.62. The molecule has 24 heavy (non-hydrogen) atoms. The minimum absolute atomic E-state index is 0.0568. The van der Waals surface area contributed by atoms with E-state index in [4.69, 9.17) is 14.2 Å². The van der Waals surface area contributed by atoms with Crippen molar-refractivity contribution < 1.29 is 22.6 Å². The molecule has 0 aliphatic rings. The van der Waals surface area contributed by atoms with Crippen molar-refractivity contribution in [1.82, 2.24) is 4.72 Å². The first kappa shape index (κ1) is 18.1. The van der Waals surface area contributed by atoms with Crippen LogP contribution >= 0.6 is 0 Å². The molecule has 0 atom stereocenters. The lowest BCUT2D eigenvalue weighted by Gasteiger charge is -2.12. The Bertz CT molecular complexity index is 789. The molecule has 6 nitrogen and oxygen atoms in total. The van der Waals surface area contributed by atoms with Crippen molar-refractivity contribution in [2.24, 2.45) is 0 Å². The molecule has 0 spiro atoms. The van der Waals surface area contributed by atoms with E-state index in [-0.39, 0.29) is 23.8 Å². The number of rotatable bonds is 8. The number of hydrogen-bond acceptors (Lipinski definition) is 5. The summed E-state index contributed by atoms with van der Waals surface area (Å²) in [5, 5.41) is 0. The minimum Gasteiger partial charge on any atom is -0.497 e. The van der Waals surface area contributed by atoms with Crippen LogP contribution in [0.2, 0.25) is 0 Å². The summed E-state index contributed by atoms with van der Waals surface area (Å²) in [5.74, 6) is 1.45. The molecular weight excluding hydrogens is 330 g/mol. The van der Waals surface area contributed by atoms with Gasteiger partial charge in [-0.1, -0.05) is 12.1 Å². The lowest BCUT2D eigenvalue weighted by molar-refractivity contribution is 0.322. The van der Waals surface area contributed by atoms with E-state index in [9.17, 15) is 8.42 Å². The van der Waals surface area contributed by atoms with Gasteiger partial charge in [-0.3, -0.25) is 0 Å². The van der Waals surface area contributed by atoms with Crippen LogP contribution in [0.25, 0.3) is 0 Å². The molecule has 0 unspecified atom stereocenters. The standard InChI is InChI=1S/C17H21NO5S/c1-13-5-4-6-15(11-13)23-10-9-18-24(19,20)17-8-7-14(21-2)12-16(17)22-3/h4-8,11-12,18H,9-10H2,1-3H3. The molecule has 2 rings (SSSR count). The van der Waals surface area contributed by atoms with Gasteiger partial charge < -0.3 is 14.2 Å². The molecule has 0 saturated carbocycles. The summed E-state index contributed by atoms with van der Waals surface area (Å²) in [7, 11) is -0.786. The van der Waals surface area contributed by atoms with Gasteiger partial charge in [-0.2, -0.15) is 0 Å². The fourth-order valence-electron chi connectivity index (χ4n) is 2.12. The summed E-state index contributed by atoms with van der Waals surface area (Å²) in [6.45, 7) is 2.33. The van der Waals surface area contributed by atoms with Gasteiger partial charge in [0.2, 0.25) is 10.0 Å². The van der Waals surface area contributed by atoms with E-state index in [2.05, 4.69) is 4.72 Å². The van der Waals surface area contributed by atoms with Crippen LogP contribution in [0.3, 0.4) is 0 Å². The van der Waals surface area contributed by atoms with Crippen LogP contribution in [0.4, 0.5) is 0 Å². The Hall–Kier alpha value is -2.25. The number of aryl methyl sites for hydroxylation is 1. The second-order valence-corrected chi connectivity index (χ2v) is 6.81. The lowest BCUT2D eigenvalue weighted by Crippen LogP contribution is -2.28. The van der Waals surface area contributed by atoms with E-state index in [0.29, 0.717) is 11.5 Å². The summed E-state index contributed by atoms with van der Waals surface area (Å²) in [4.78, 5) is 0.0568. The predicted octanol–water partition coefficient (Wildman–Crippen LogP) is 2.37. The van der Waals surface area contributed by atoms with Crippen LogP contribution < -0.4 is 18.9 Å². The highest BCUT2D eigenvalue weighted by atomic mass is 32.2. The molecule has 0 aliphatic heterocycles. The molecule has 0 heterocycles. The highest BCUT2D eigenvalue weighted by molar-refractivity contribution is 7.89. The number of sulfonamides is 1. The molecule has 0 aliphatic carbocycles. The van der Waals surface area contributed by atoms with E-state index in [0.717, 1.165) is 5.56 Å². The van der Waals surface area contributed by atoms with Crippen molar-refractivity contribution in [3.8, 4) is 17.2 Å². The van der Waals surface area contributed by atoms with E-state index in [1.54, 1.807) is 6.07 Å². The Labute approximate surface area is 142 Å². The van der Waals surface area contributed by atoms with Gasteiger partial charge in [-0.15, -0.1) is 0 Å². The van der Waals surface area contributed by atoms with Gasteiger partial charge in [0.1, 0.15) is 28.8 Å². The highest BCUT2D eigenvalue weighted by Gasteiger charge is 2.19. The fourth-order valence-corrected chi connectivity index (χ4v) is 3.29. The quantitative estimate of drug-likeness (QED) is 0.739. The van der Waals surface area contributed by atoms with Crippen molar-refractivity contribution in [2.75, 3.05) is 27.4 Å². The van der Waals surface area contributed by atoms with Crippen LogP contribution in [0, 0.1) is 6.92 Å². The maximum atomic E-state index is 12.4. The number of methoxy groups -OCH3 is 2. The van der Waals surface area contributed by atoms with Gasteiger partial charge in [0.25, 0.3) is 0 Å². The van der Waals surface area contributed by atoms with Crippen molar-refractivity contribution in [2.45, 2.75) is 11.8 Å². The molecule has 0 saturated heterocycles. The largest absolute Gasteiger partial charge is 0.497 e. The zero-order chi connectivity index (χ0) is 17.6. The third-order valence-corrected chi connectivity index (χ3v) is 4.81. The van der Waals surface area contributed by atoms with Crippen LogP contribution in [0.1, 0.15) is 5.56 Å². The molecule has 1 N–H and O–H groups in total. The van der Waals surface area contributed by atoms with E-state index in [1.807, 2.05) is 31.2 Å². The fraction of sp³-hybridized carbons (Fsp3) is 0.294. The Morgan fingerprint density at radius 2 is 1.79 bits per heavy atom. The molecule has 7 heteroatoms. The van der Waals surface area contributed by atoms with Crippen molar-refractivity contribution in [3.63, 3.8) is 0 Å². The van der Waals surface area contributed by atoms with Crippen molar-refractivity contribution in [1.29, 1.82) is 0 Å². The van der Waals surface area contributed by atoms with Crippen LogP contribution in [0.15, 0.2) is 47.4 Å². The number of hydrogen-bond donors (Lipinski definition) is 1. The lowest BCUT2D eigenvalue weighted by atomic mass is 10.2. The molecule has 0 aromatic heterocycles. The summed E-state index contributed by atoms with van der Waals surface area (Å²) < 4.78 is 43.0. The third-order valence-electron chi connectivity index (χ3n) is 3.31. The highest BCUT2D eigenvalue weighted by Crippen LogP contribution is 2.28. The van der Waals surface area contributed by atoms with Crippen LogP contribution in [-0.4, -0.2) is 35.8 Å². The van der Waals surface area contributed by atoms with E-state index < -0.39 is 10.0 Å². The van der Waals surface area contributed by atoms with Crippen LogP contribution in [-0.2, 0) is 10.0 Å².